The highest BCUT2D eigenvalue weighted by molar-refractivity contribution is 5.39. The number of aryl methyl sites for hydroxylation is 1. The molecule has 0 saturated heterocycles. The first-order valence-electron chi connectivity index (χ1n) is 6.59. The number of phenolic OH excluding ortho intramolecular Hbond substituents is 1. The molecule has 1 nitrogen and oxygen atoms in total. The van der Waals surface area contributed by atoms with E-state index in [9.17, 15) is 5.11 Å². The Morgan fingerprint density at radius 3 is 2.44 bits per heavy atom. The number of hydrogen-bond acceptors (Lipinski definition) is 1. The molecule has 1 aromatic carbocycles. The Morgan fingerprint density at radius 1 is 0.938 bits per heavy atom. The lowest BCUT2D eigenvalue weighted by Gasteiger charge is -2.10. The summed E-state index contributed by atoms with van der Waals surface area (Å²) >= 11 is 0. The Hall–Kier alpha value is -0.980. The summed E-state index contributed by atoms with van der Waals surface area (Å²) in [4.78, 5) is 0. The van der Waals surface area contributed by atoms with Gasteiger partial charge in [0, 0.05) is 0 Å². The summed E-state index contributed by atoms with van der Waals surface area (Å²) in [7, 11) is 0. The van der Waals surface area contributed by atoms with Crippen molar-refractivity contribution in [3.8, 4) is 5.75 Å². The van der Waals surface area contributed by atoms with Gasteiger partial charge in [0.25, 0.3) is 0 Å². The Kier molecular flexibility index (Phi) is 5.99. The molecule has 1 aromatic rings. The molecule has 1 N–H and O–H groups in total. The second-order valence-corrected chi connectivity index (χ2v) is 4.48. The first kappa shape index (κ1) is 13.1. The van der Waals surface area contributed by atoms with Gasteiger partial charge in [-0.25, -0.2) is 0 Å². The molecule has 0 aliphatic carbocycles. The number of hydrogen-bond donors (Lipinski definition) is 1. The molecule has 90 valence electrons. The Balaban J connectivity index is 2.61. The van der Waals surface area contributed by atoms with Crippen LogP contribution >= 0.6 is 0 Å². The van der Waals surface area contributed by atoms with E-state index in [0.717, 1.165) is 19.3 Å². The molecule has 0 aromatic heterocycles. The van der Waals surface area contributed by atoms with Gasteiger partial charge in [0.15, 0.2) is 0 Å². The van der Waals surface area contributed by atoms with Crippen LogP contribution in [0.2, 0.25) is 0 Å². The summed E-state index contributed by atoms with van der Waals surface area (Å²) in [5, 5.41) is 9.87. The molecule has 0 heterocycles. The van der Waals surface area contributed by atoms with Crippen LogP contribution in [0.4, 0.5) is 0 Å². The lowest BCUT2D eigenvalue weighted by atomic mass is 9.97. The van der Waals surface area contributed by atoms with Crippen molar-refractivity contribution in [3.63, 3.8) is 0 Å². The molecule has 1 heteroatoms. The van der Waals surface area contributed by atoms with Crippen LogP contribution in [-0.4, -0.2) is 5.11 Å². The number of phenols is 1. The zero-order valence-corrected chi connectivity index (χ0v) is 10.6. The Bertz CT molecular complexity index is 304. The fraction of sp³-hybridized carbons (Fsp3) is 0.600. The van der Waals surface area contributed by atoms with Gasteiger partial charge in [0.1, 0.15) is 5.75 Å². The standard InChI is InChI=1S/C15H24O/c1-3-5-6-7-11-14-13(9-4-2)10-8-12-15(14)16/h8,10,12,16H,3-7,9,11H2,1-2H3. The summed E-state index contributed by atoms with van der Waals surface area (Å²) < 4.78 is 0. The van der Waals surface area contributed by atoms with Crippen molar-refractivity contribution < 1.29 is 5.11 Å². The number of unbranched alkanes of at least 4 members (excludes halogenated alkanes) is 3. The third-order valence-corrected chi connectivity index (χ3v) is 3.05. The molecule has 0 aliphatic heterocycles. The van der Waals surface area contributed by atoms with Crippen molar-refractivity contribution in [2.75, 3.05) is 0 Å². The predicted molar refractivity (Wildman–Crippen MR) is 69.9 cm³/mol. The van der Waals surface area contributed by atoms with Crippen molar-refractivity contribution in [1.82, 2.24) is 0 Å². The van der Waals surface area contributed by atoms with Gasteiger partial charge in [0.2, 0.25) is 0 Å². The molecule has 0 spiro atoms. The van der Waals surface area contributed by atoms with Crippen molar-refractivity contribution in [2.45, 2.75) is 58.8 Å². The van der Waals surface area contributed by atoms with Crippen LogP contribution in [0.15, 0.2) is 18.2 Å². The Morgan fingerprint density at radius 2 is 1.75 bits per heavy atom. The van der Waals surface area contributed by atoms with Crippen LogP contribution in [0, 0.1) is 0 Å². The second kappa shape index (κ2) is 7.32. The fourth-order valence-electron chi connectivity index (χ4n) is 2.14. The average molecular weight is 220 g/mol. The topological polar surface area (TPSA) is 20.2 Å². The number of benzene rings is 1. The van der Waals surface area contributed by atoms with Crippen LogP contribution in [-0.2, 0) is 12.8 Å². The van der Waals surface area contributed by atoms with E-state index in [1.54, 1.807) is 0 Å². The monoisotopic (exact) mass is 220 g/mol. The predicted octanol–water partition coefficient (Wildman–Crippen LogP) is 4.47. The third kappa shape index (κ3) is 3.88. The van der Waals surface area contributed by atoms with Crippen molar-refractivity contribution in [2.24, 2.45) is 0 Å². The zero-order chi connectivity index (χ0) is 11.8. The van der Waals surface area contributed by atoms with Crippen LogP contribution in [0.5, 0.6) is 5.75 Å². The molecule has 0 amide bonds. The highest BCUT2D eigenvalue weighted by atomic mass is 16.3. The zero-order valence-electron chi connectivity index (χ0n) is 10.6. The summed E-state index contributed by atoms with van der Waals surface area (Å²) in [6.07, 6.45) is 8.29. The summed E-state index contributed by atoms with van der Waals surface area (Å²) in [5.74, 6) is 0.488. The van der Waals surface area contributed by atoms with E-state index in [4.69, 9.17) is 0 Å². The van der Waals surface area contributed by atoms with Gasteiger partial charge >= 0.3 is 0 Å². The van der Waals surface area contributed by atoms with Crippen molar-refractivity contribution in [1.29, 1.82) is 0 Å². The molecule has 0 atom stereocenters. The molecule has 0 radical (unpaired) electrons. The van der Waals surface area contributed by atoms with Crippen LogP contribution in [0.3, 0.4) is 0 Å². The van der Waals surface area contributed by atoms with E-state index in [0.29, 0.717) is 5.75 Å². The maximum Gasteiger partial charge on any atom is 0.119 e. The highest BCUT2D eigenvalue weighted by Gasteiger charge is 2.06. The van der Waals surface area contributed by atoms with Gasteiger partial charge in [-0.2, -0.15) is 0 Å². The summed E-state index contributed by atoms with van der Waals surface area (Å²) in [5.41, 5.74) is 2.51. The maximum absolute atomic E-state index is 9.87. The number of aromatic hydroxyl groups is 1. The van der Waals surface area contributed by atoms with E-state index < -0.39 is 0 Å². The van der Waals surface area contributed by atoms with E-state index in [-0.39, 0.29) is 0 Å². The highest BCUT2D eigenvalue weighted by Crippen LogP contribution is 2.24. The molecule has 0 unspecified atom stereocenters. The van der Waals surface area contributed by atoms with E-state index in [1.165, 1.54) is 36.8 Å². The molecule has 0 fully saturated rings. The largest absolute Gasteiger partial charge is 0.508 e. The summed E-state index contributed by atoms with van der Waals surface area (Å²) in [6, 6.07) is 5.92. The van der Waals surface area contributed by atoms with E-state index >= 15 is 0 Å². The van der Waals surface area contributed by atoms with Crippen LogP contribution in [0.25, 0.3) is 0 Å². The van der Waals surface area contributed by atoms with Crippen LogP contribution in [0.1, 0.15) is 57.1 Å². The quantitative estimate of drug-likeness (QED) is 0.672. The average Bonchev–Trinajstić information content (AvgIpc) is 2.28. The molecular formula is C15H24O. The Labute approximate surface area is 99.5 Å². The van der Waals surface area contributed by atoms with Gasteiger partial charge in [-0.3, -0.25) is 0 Å². The van der Waals surface area contributed by atoms with Gasteiger partial charge in [-0.1, -0.05) is 51.7 Å². The maximum atomic E-state index is 9.87. The van der Waals surface area contributed by atoms with Gasteiger partial charge in [0.05, 0.1) is 0 Å². The number of rotatable bonds is 7. The molecule has 0 saturated carbocycles. The fourth-order valence-corrected chi connectivity index (χ4v) is 2.14. The minimum absolute atomic E-state index is 0.488. The smallest absolute Gasteiger partial charge is 0.119 e. The SMILES string of the molecule is CCCCCCc1c(O)cccc1CCC. The third-order valence-electron chi connectivity index (χ3n) is 3.05. The van der Waals surface area contributed by atoms with E-state index in [1.807, 2.05) is 12.1 Å². The minimum Gasteiger partial charge on any atom is -0.508 e. The van der Waals surface area contributed by atoms with Gasteiger partial charge in [-0.05, 0) is 36.5 Å². The molecule has 0 aliphatic rings. The van der Waals surface area contributed by atoms with Crippen molar-refractivity contribution in [3.05, 3.63) is 29.3 Å². The molecule has 1 rings (SSSR count). The van der Waals surface area contributed by atoms with Crippen LogP contribution < -0.4 is 0 Å². The minimum atomic E-state index is 0.488. The lowest BCUT2D eigenvalue weighted by Crippen LogP contribution is -1.95. The summed E-state index contributed by atoms with van der Waals surface area (Å²) in [6.45, 7) is 4.41. The first-order chi connectivity index (χ1) is 7.79. The normalized spacial score (nSPS) is 10.6. The molecule has 16 heavy (non-hydrogen) atoms. The first-order valence-corrected chi connectivity index (χ1v) is 6.59. The van der Waals surface area contributed by atoms with Gasteiger partial charge < -0.3 is 5.11 Å². The lowest BCUT2D eigenvalue weighted by molar-refractivity contribution is 0.465. The molecule has 0 bridgehead atoms. The second-order valence-electron chi connectivity index (χ2n) is 4.48. The molecular weight excluding hydrogens is 196 g/mol. The van der Waals surface area contributed by atoms with E-state index in [2.05, 4.69) is 19.9 Å². The van der Waals surface area contributed by atoms with Crippen molar-refractivity contribution >= 4 is 0 Å². The van der Waals surface area contributed by atoms with Gasteiger partial charge in [-0.15, -0.1) is 0 Å².